The largest absolute Gasteiger partial charge is 0.497 e. The maximum atomic E-state index is 5.33. The average Bonchev–Trinajstić information content (AvgIpc) is 3.08. The number of methoxy groups -OCH3 is 3. The molecule has 4 aromatic rings. The van der Waals surface area contributed by atoms with Gasteiger partial charge in [-0.25, -0.2) is 0 Å². The van der Waals surface area contributed by atoms with Gasteiger partial charge >= 0.3 is 0 Å². The molecule has 8 heteroatoms. The highest BCUT2D eigenvalue weighted by Crippen LogP contribution is 2.28. The Morgan fingerprint density at radius 1 is 0.926 bits per heavy atom. The molecule has 138 valence electrons. The van der Waals surface area contributed by atoms with Crippen LogP contribution in [0.5, 0.6) is 17.2 Å². The third kappa shape index (κ3) is 3.17. The molecule has 8 nitrogen and oxygen atoms in total. The fraction of sp³-hybridized carbons (Fsp3) is 0.211. The molecule has 0 aliphatic rings. The van der Waals surface area contributed by atoms with E-state index in [1.807, 2.05) is 36.4 Å². The van der Waals surface area contributed by atoms with Gasteiger partial charge in [0, 0.05) is 17.4 Å². The summed E-state index contributed by atoms with van der Waals surface area (Å²) in [5.74, 6) is 2.57. The fourth-order valence-corrected chi connectivity index (χ4v) is 2.92. The van der Waals surface area contributed by atoms with Gasteiger partial charge in [0.15, 0.2) is 17.1 Å². The average molecular weight is 365 g/mol. The molecular formula is C19H19N5O3. The molecule has 2 aromatic heterocycles. The van der Waals surface area contributed by atoms with Gasteiger partial charge in [-0.3, -0.25) is 0 Å². The molecule has 0 unspecified atom stereocenters. The van der Waals surface area contributed by atoms with Crippen LogP contribution in [0.25, 0.3) is 22.1 Å². The SMILES string of the molecule is COc1ccc2[nH]c3nc(NCc4ccc(OC)c(OC)c4)nnc3c2c1. The van der Waals surface area contributed by atoms with Crippen molar-refractivity contribution >= 4 is 28.0 Å². The minimum absolute atomic E-state index is 0.441. The summed E-state index contributed by atoms with van der Waals surface area (Å²) < 4.78 is 15.9. The van der Waals surface area contributed by atoms with Crippen LogP contribution in [-0.4, -0.2) is 41.5 Å². The Morgan fingerprint density at radius 3 is 2.56 bits per heavy atom. The van der Waals surface area contributed by atoms with Crippen molar-refractivity contribution in [2.75, 3.05) is 26.6 Å². The number of fused-ring (bicyclic) bond motifs is 3. The lowest BCUT2D eigenvalue weighted by Gasteiger charge is -2.10. The van der Waals surface area contributed by atoms with Crippen molar-refractivity contribution in [3.8, 4) is 17.2 Å². The zero-order chi connectivity index (χ0) is 18.8. The van der Waals surface area contributed by atoms with Gasteiger partial charge in [-0.15, -0.1) is 10.2 Å². The van der Waals surface area contributed by atoms with E-state index < -0.39 is 0 Å². The summed E-state index contributed by atoms with van der Waals surface area (Å²) in [4.78, 5) is 7.78. The number of aromatic nitrogens is 4. The van der Waals surface area contributed by atoms with Gasteiger partial charge in [-0.05, 0) is 35.9 Å². The summed E-state index contributed by atoms with van der Waals surface area (Å²) in [6.07, 6.45) is 0. The molecule has 0 spiro atoms. The number of hydrogen-bond acceptors (Lipinski definition) is 7. The van der Waals surface area contributed by atoms with E-state index in [1.54, 1.807) is 21.3 Å². The predicted molar refractivity (Wildman–Crippen MR) is 103 cm³/mol. The number of anilines is 1. The summed E-state index contributed by atoms with van der Waals surface area (Å²) in [7, 11) is 4.86. The number of H-pyrrole nitrogens is 1. The number of aromatic amines is 1. The molecule has 0 saturated heterocycles. The summed E-state index contributed by atoms with van der Waals surface area (Å²) in [6.45, 7) is 0.529. The van der Waals surface area contributed by atoms with Crippen molar-refractivity contribution in [3.05, 3.63) is 42.0 Å². The van der Waals surface area contributed by atoms with Crippen molar-refractivity contribution in [3.63, 3.8) is 0 Å². The van der Waals surface area contributed by atoms with Crippen molar-refractivity contribution in [1.82, 2.24) is 20.2 Å². The summed E-state index contributed by atoms with van der Waals surface area (Å²) >= 11 is 0. The van der Waals surface area contributed by atoms with Crippen LogP contribution >= 0.6 is 0 Å². The Kier molecular flexibility index (Phi) is 4.37. The van der Waals surface area contributed by atoms with Crippen LogP contribution in [0.3, 0.4) is 0 Å². The summed E-state index contributed by atoms with van der Waals surface area (Å²) in [5, 5.41) is 12.6. The molecule has 27 heavy (non-hydrogen) atoms. The molecule has 2 heterocycles. The standard InChI is InChI=1S/C19H19N5O3/c1-25-12-5-6-14-13(9-12)17-18(21-14)22-19(24-23-17)20-10-11-4-7-15(26-2)16(8-11)27-3/h4-9H,10H2,1-3H3,(H2,20,21,22,24). The number of nitrogens with zero attached hydrogens (tertiary/aromatic N) is 3. The van der Waals surface area contributed by atoms with Crippen LogP contribution in [-0.2, 0) is 6.54 Å². The molecule has 4 rings (SSSR count). The highest BCUT2D eigenvalue weighted by atomic mass is 16.5. The van der Waals surface area contributed by atoms with Crippen LogP contribution in [0.4, 0.5) is 5.95 Å². The number of nitrogens with one attached hydrogen (secondary N) is 2. The maximum absolute atomic E-state index is 5.33. The Hall–Kier alpha value is -3.55. The monoisotopic (exact) mass is 365 g/mol. The first-order valence-electron chi connectivity index (χ1n) is 8.36. The molecule has 0 aliphatic heterocycles. The van der Waals surface area contributed by atoms with Crippen molar-refractivity contribution in [1.29, 1.82) is 0 Å². The molecule has 0 saturated carbocycles. The molecule has 0 radical (unpaired) electrons. The highest BCUT2D eigenvalue weighted by Gasteiger charge is 2.10. The summed E-state index contributed by atoms with van der Waals surface area (Å²) in [5.41, 5.74) is 3.33. The number of ether oxygens (including phenoxy) is 3. The molecule has 0 bridgehead atoms. The van der Waals surface area contributed by atoms with Gasteiger partial charge in [-0.2, -0.15) is 4.98 Å². The van der Waals surface area contributed by atoms with Gasteiger partial charge in [-0.1, -0.05) is 6.07 Å². The third-order valence-corrected chi connectivity index (χ3v) is 4.32. The Bertz CT molecular complexity index is 1110. The quantitative estimate of drug-likeness (QED) is 0.542. The fourth-order valence-electron chi connectivity index (χ4n) is 2.92. The molecule has 0 atom stereocenters. The smallest absolute Gasteiger partial charge is 0.245 e. The van der Waals surface area contributed by atoms with Crippen LogP contribution < -0.4 is 19.5 Å². The van der Waals surface area contributed by atoms with E-state index in [4.69, 9.17) is 14.2 Å². The second-order valence-corrected chi connectivity index (χ2v) is 5.91. The molecular weight excluding hydrogens is 346 g/mol. The van der Waals surface area contributed by atoms with E-state index in [9.17, 15) is 0 Å². The highest BCUT2D eigenvalue weighted by molar-refractivity contribution is 6.03. The third-order valence-electron chi connectivity index (χ3n) is 4.32. The van der Waals surface area contributed by atoms with E-state index in [0.29, 0.717) is 35.2 Å². The first-order chi connectivity index (χ1) is 13.2. The van der Waals surface area contributed by atoms with Crippen molar-refractivity contribution in [2.24, 2.45) is 0 Å². The molecule has 2 N–H and O–H groups in total. The van der Waals surface area contributed by atoms with E-state index in [-0.39, 0.29) is 0 Å². The van der Waals surface area contributed by atoms with Crippen LogP contribution in [0.1, 0.15) is 5.56 Å². The molecule has 0 aliphatic carbocycles. The lowest BCUT2D eigenvalue weighted by molar-refractivity contribution is 0.354. The van der Waals surface area contributed by atoms with Gasteiger partial charge < -0.3 is 24.5 Å². The summed E-state index contributed by atoms with van der Waals surface area (Å²) in [6, 6.07) is 11.5. The van der Waals surface area contributed by atoms with Gasteiger partial charge in [0.25, 0.3) is 0 Å². The number of benzene rings is 2. The van der Waals surface area contributed by atoms with E-state index in [0.717, 1.165) is 22.2 Å². The minimum atomic E-state index is 0.441. The van der Waals surface area contributed by atoms with Crippen molar-refractivity contribution < 1.29 is 14.2 Å². The first-order valence-corrected chi connectivity index (χ1v) is 8.36. The predicted octanol–water partition coefficient (Wildman–Crippen LogP) is 3.14. The second-order valence-electron chi connectivity index (χ2n) is 5.91. The zero-order valence-electron chi connectivity index (χ0n) is 15.2. The van der Waals surface area contributed by atoms with Crippen LogP contribution in [0, 0.1) is 0 Å². The van der Waals surface area contributed by atoms with Gasteiger partial charge in [0.1, 0.15) is 11.3 Å². The van der Waals surface area contributed by atoms with Gasteiger partial charge in [0.05, 0.1) is 21.3 Å². The maximum Gasteiger partial charge on any atom is 0.245 e. The Labute approximate surface area is 155 Å². The van der Waals surface area contributed by atoms with E-state index >= 15 is 0 Å². The number of rotatable bonds is 6. The molecule has 0 amide bonds. The van der Waals surface area contributed by atoms with Crippen LogP contribution in [0.2, 0.25) is 0 Å². The normalized spacial score (nSPS) is 10.9. The van der Waals surface area contributed by atoms with Crippen LogP contribution in [0.15, 0.2) is 36.4 Å². The zero-order valence-corrected chi connectivity index (χ0v) is 15.2. The molecule has 2 aromatic carbocycles. The molecule has 0 fully saturated rings. The lowest BCUT2D eigenvalue weighted by atomic mass is 10.2. The van der Waals surface area contributed by atoms with E-state index in [2.05, 4.69) is 25.5 Å². The number of hydrogen-bond donors (Lipinski definition) is 2. The minimum Gasteiger partial charge on any atom is -0.497 e. The first kappa shape index (κ1) is 16.9. The van der Waals surface area contributed by atoms with Gasteiger partial charge in [0.2, 0.25) is 5.95 Å². The Morgan fingerprint density at radius 2 is 1.78 bits per heavy atom. The van der Waals surface area contributed by atoms with Crippen molar-refractivity contribution in [2.45, 2.75) is 6.54 Å². The Balaban J connectivity index is 1.58. The topological polar surface area (TPSA) is 94.2 Å². The lowest BCUT2D eigenvalue weighted by Crippen LogP contribution is -2.05. The second kappa shape index (κ2) is 6.99. The van der Waals surface area contributed by atoms with E-state index in [1.165, 1.54) is 0 Å².